The van der Waals surface area contributed by atoms with E-state index in [1.807, 2.05) is 66.7 Å². The van der Waals surface area contributed by atoms with Crippen molar-refractivity contribution in [2.24, 2.45) is 0 Å². The number of hydrogen-bond donors (Lipinski definition) is 4. The summed E-state index contributed by atoms with van der Waals surface area (Å²) >= 11 is 1.56. The molecule has 1 aliphatic heterocycles. The molecule has 0 radical (unpaired) electrons. The number of nitrogens with two attached hydrogens (primary N) is 1. The summed E-state index contributed by atoms with van der Waals surface area (Å²) in [5, 5.41) is 16.0. The van der Waals surface area contributed by atoms with E-state index >= 15 is 0 Å². The number of nitrogens with zero attached hydrogens (tertiary/aromatic N) is 2. The monoisotopic (exact) mass is 717 g/mol. The van der Waals surface area contributed by atoms with Crippen molar-refractivity contribution < 1.29 is 24.2 Å². The number of amides is 2. The number of hydrogen-bond acceptors (Lipinski definition) is 9. The second kappa shape index (κ2) is 18.4. The summed E-state index contributed by atoms with van der Waals surface area (Å²) in [6, 6.07) is 33.1. The Labute approximate surface area is 308 Å². The number of nitrogens with one attached hydrogen (secondary N) is 2. The fourth-order valence-electron chi connectivity index (χ4n) is 5.93. The standard InChI is InChI=1S/C41H43N5O5S/c42-35-9-1-2-10-36(35)46-39(49)12-4-3-11-38(48)45-25-29-7-5-8-33(23-29)30-17-19-32(20-18-30)40-50-34(27-52-41-43-21-6-22-44-41)24-37(51-40)31-15-13-28(26-47)14-16-31/h1-2,5-10,13-23,34,37,40,47H,3-4,11-12,24-27,42H2,(H,45,48)(H,46,49). The third kappa shape index (κ3) is 10.5. The van der Waals surface area contributed by atoms with Gasteiger partial charge in [-0.25, -0.2) is 9.97 Å². The van der Waals surface area contributed by atoms with Crippen LogP contribution in [0.15, 0.2) is 121 Å². The molecule has 0 aliphatic carbocycles. The third-order valence-electron chi connectivity index (χ3n) is 8.78. The molecule has 52 heavy (non-hydrogen) atoms. The van der Waals surface area contributed by atoms with Crippen molar-refractivity contribution in [3.63, 3.8) is 0 Å². The van der Waals surface area contributed by atoms with E-state index in [1.165, 1.54) is 0 Å². The molecule has 268 valence electrons. The van der Waals surface area contributed by atoms with Crippen LogP contribution in [0, 0.1) is 0 Å². The molecule has 1 saturated heterocycles. The summed E-state index contributed by atoms with van der Waals surface area (Å²) in [6.45, 7) is 0.406. The molecule has 0 bridgehead atoms. The number of benzene rings is 4. The van der Waals surface area contributed by atoms with E-state index in [9.17, 15) is 14.7 Å². The number of anilines is 2. The van der Waals surface area contributed by atoms with Crippen LogP contribution in [0.3, 0.4) is 0 Å². The van der Waals surface area contributed by atoms with Crippen LogP contribution in [-0.2, 0) is 32.2 Å². The van der Waals surface area contributed by atoms with Gasteiger partial charge in [0, 0.05) is 49.5 Å². The molecule has 2 heterocycles. The first kappa shape index (κ1) is 36.7. The van der Waals surface area contributed by atoms with E-state index in [2.05, 4.69) is 38.8 Å². The van der Waals surface area contributed by atoms with Gasteiger partial charge >= 0.3 is 0 Å². The number of aromatic nitrogens is 2. The second-order valence-electron chi connectivity index (χ2n) is 12.6. The largest absolute Gasteiger partial charge is 0.397 e. The molecule has 4 aromatic carbocycles. The Bertz CT molecular complexity index is 1910. The number of aliphatic hydroxyl groups is 1. The third-order valence-corrected chi connectivity index (χ3v) is 9.79. The molecule has 0 saturated carbocycles. The SMILES string of the molecule is Nc1ccccc1NC(=O)CCCCC(=O)NCc1cccc(-c2ccc(C3OC(CSc4ncccn4)CC(c4ccc(CO)cc4)O3)cc2)c1. The van der Waals surface area contributed by atoms with Crippen molar-refractivity contribution in [2.45, 2.75) is 68.9 Å². The topological polar surface area (TPSA) is 149 Å². The molecular formula is C41H43N5O5S. The number of unbranched alkanes of at least 4 members (excludes halogenated alkanes) is 1. The van der Waals surface area contributed by atoms with E-state index in [0.717, 1.165) is 33.4 Å². The van der Waals surface area contributed by atoms with Crippen molar-refractivity contribution in [1.29, 1.82) is 0 Å². The van der Waals surface area contributed by atoms with Gasteiger partial charge in [-0.2, -0.15) is 0 Å². The highest BCUT2D eigenvalue weighted by Gasteiger charge is 2.32. The number of thioether (sulfide) groups is 1. The van der Waals surface area contributed by atoms with Crippen LogP contribution < -0.4 is 16.4 Å². The molecule has 10 nitrogen and oxygen atoms in total. The molecule has 1 aliphatic rings. The van der Waals surface area contributed by atoms with Crippen molar-refractivity contribution in [3.8, 4) is 11.1 Å². The summed E-state index contributed by atoms with van der Waals surface area (Å²) in [6.07, 6.45) is 5.20. The highest BCUT2D eigenvalue weighted by molar-refractivity contribution is 7.99. The summed E-state index contributed by atoms with van der Waals surface area (Å²) in [5.41, 5.74) is 12.9. The smallest absolute Gasteiger partial charge is 0.224 e. The van der Waals surface area contributed by atoms with Crippen molar-refractivity contribution >= 4 is 35.0 Å². The van der Waals surface area contributed by atoms with E-state index in [4.69, 9.17) is 15.2 Å². The highest BCUT2D eigenvalue weighted by Crippen LogP contribution is 2.39. The minimum atomic E-state index is -0.564. The Hall–Kier alpha value is -5.07. The summed E-state index contributed by atoms with van der Waals surface area (Å²) in [4.78, 5) is 33.5. The van der Waals surface area contributed by atoms with Crippen molar-refractivity contribution in [1.82, 2.24) is 15.3 Å². The van der Waals surface area contributed by atoms with Crippen LogP contribution in [0.5, 0.6) is 0 Å². The Kier molecular flexibility index (Phi) is 13.0. The molecule has 11 heteroatoms. The quantitative estimate of drug-likeness (QED) is 0.0377. The van der Waals surface area contributed by atoms with Gasteiger partial charge in [-0.15, -0.1) is 0 Å². The molecule has 6 rings (SSSR count). The molecule has 0 spiro atoms. The number of ether oxygens (including phenoxy) is 2. The zero-order valence-electron chi connectivity index (χ0n) is 28.8. The average molecular weight is 718 g/mol. The Balaban J connectivity index is 1.02. The Morgan fingerprint density at radius 3 is 2.27 bits per heavy atom. The lowest BCUT2D eigenvalue weighted by Crippen LogP contribution is -2.31. The van der Waals surface area contributed by atoms with Crippen molar-refractivity contribution in [3.05, 3.63) is 138 Å². The lowest BCUT2D eigenvalue weighted by molar-refractivity contribution is -0.245. The molecule has 5 N–H and O–H groups in total. The lowest BCUT2D eigenvalue weighted by Gasteiger charge is -2.36. The minimum absolute atomic E-state index is 0.00661. The van der Waals surface area contributed by atoms with Crippen LogP contribution in [0.1, 0.15) is 66.8 Å². The van der Waals surface area contributed by atoms with Gasteiger partial charge in [0.05, 0.1) is 30.2 Å². The molecule has 5 aromatic rings. The van der Waals surface area contributed by atoms with Gasteiger partial charge in [0.2, 0.25) is 11.8 Å². The summed E-state index contributed by atoms with van der Waals surface area (Å²) in [7, 11) is 0. The van der Waals surface area contributed by atoms with Crippen LogP contribution in [-0.4, -0.2) is 38.7 Å². The van der Waals surface area contributed by atoms with Crippen LogP contribution in [0.2, 0.25) is 0 Å². The first-order valence-electron chi connectivity index (χ1n) is 17.4. The van der Waals surface area contributed by atoms with Gasteiger partial charge < -0.3 is 30.9 Å². The maximum Gasteiger partial charge on any atom is 0.224 e. The normalized spacial score (nSPS) is 17.0. The maximum absolute atomic E-state index is 12.5. The molecule has 1 aromatic heterocycles. The number of para-hydroxylation sites is 2. The summed E-state index contributed by atoms with van der Waals surface area (Å²) in [5.74, 6) is 0.512. The number of rotatable bonds is 15. The van der Waals surface area contributed by atoms with Gasteiger partial charge in [0.15, 0.2) is 11.4 Å². The second-order valence-corrected chi connectivity index (χ2v) is 13.6. The zero-order chi connectivity index (χ0) is 36.1. The Morgan fingerprint density at radius 2 is 1.52 bits per heavy atom. The number of carbonyl (C=O) groups excluding carboxylic acids is 2. The summed E-state index contributed by atoms with van der Waals surface area (Å²) < 4.78 is 13.0. The molecule has 1 fully saturated rings. The zero-order valence-corrected chi connectivity index (χ0v) is 29.6. The average Bonchev–Trinajstić information content (AvgIpc) is 3.19. The number of aliphatic hydroxyl groups excluding tert-OH is 1. The predicted octanol–water partition coefficient (Wildman–Crippen LogP) is 7.37. The molecule has 3 atom stereocenters. The molecule has 2 amide bonds. The van der Waals surface area contributed by atoms with Crippen molar-refractivity contribution in [2.75, 3.05) is 16.8 Å². The van der Waals surface area contributed by atoms with E-state index in [0.29, 0.717) is 60.9 Å². The molecular weight excluding hydrogens is 675 g/mol. The lowest BCUT2D eigenvalue weighted by atomic mass is 9.99. The highest BCUT2D eigenvalue weighted by atomic mass is 32.2. The molecule has 3 unspecified atom stereocenters. The first-order chi connectivity index (χ1) is 25.4. The van der Waals surface area contributed by atoms with E-state index < -0.39 is 6.29 Å². The fourth-order valence-corrected chi connectivity index (χ4v) is 6.75. The first-order valence-corrected chi connectivity index (χ1v) is 18.4. The van der Waals surface area contributed by atoms with Crippen LogP contribution >= 0.6 is 11.8 Å². The van der Waals surface area contributed by atoms with Gasteiger partial charge in [-0.05, 0) is 64.9 Å². The number of nitrogen functional groups attached to an aromatic ring is 1. The van der Waals surface area contributed by atoms with Crippen LogP contribution in [0.4, 0.5) is 11.4 Å². The predicted molar refractivity (Wildman–Crippen MR) is 203 cm³/mol. The van der Waals surface area contributed by atoms with E-state index in [1.54, 1.807) is 42.4 Å². The minimum Gasteiger partial charge on any atom is -0.397 e. The van der Waals surface area contributed by atoms with Gasteiger partial charge in [0.25, 0.3) is 0 Å². The van der Waals surface area contributed by atoms with Gasteiger partial charge in [-0.3, -0.25) is 9.59 Å². The Morgan fingerprint density at radius 1 is 0.788 bits per heavy atom. The van der Waals surface area contributed by atoms with E-state index in [-0.39, 0.29) is 30.6 Å². The maximum atomic E-state index is 12.5. The van der Waals surface area contributed by atoms with Gasteiger partial charge in [0.1, 0.15) is 0 Å². The fraction of sp³-hybridized carbons (Fsp3) is 0.268. The number of carbonyl (C=O) groups is 2. The van der Waals surface area contributed by atoms with Crippen LogP contribution in [0.25, 0.3) is 11.1 Å². The van der Waals surface area contributed by atoms with Gasteiger partial charge in [-0.1, -0.05) is 90.6 Å².